The molecule has 1 atom stereocenters. The van der Waals surface area contributed by atoms with Crippen LogP contribution in [0.4, 0.5) is 0 Å². The number of hydrogen-bond acceptors (Lipinski definition) is 2. The van der Waals surface area contributed by atoms with E-state index in [-0.39, 0.29) is 11.3 Å². The summed E-state index contributed by atoms with van der Waals surface area (Å²) in [6, 6.07) is 7.48. The van der Waals surface area contributed by atoms with Gasteiger partial charge in [0.05, 0.1) is 6.21 Å². The zero-order valence-electron chi connectivity index (χ0n) is 6.61. The van der Waals surface area contributed by atoms with Gasteiger partial charge < -0.3 is 4.74 Å². The van der Waals surface area contributed by atoms with E-state index in [1.807, 2.05) is 24.3 Å². The quantitative estimate of drug-likeness (QED) is 0.667. The average Bonchev–Trinajstić information content (AvgIpc) is 2.53. The molecule has 1 aromatic rings. The number of aliphatic imine (C=N–C) groups is 1. The fraction of sp³-hybridized carbons (Fsp3) is 0.111. The molecule has 2 rings (SSSR count). The van der Waals surface area contributed by atoms with Gasteiger partial charge in [-0.3, -0.25) is 0 Å². The minimum Gasteiger partial charge on any atom is -0.455 e. The molecule has 0 spiro atoms. The second-order valence-electron chi connectivity index (χ2n) is 2.60. The van der Waals surface area contributed by atoms with Crippen molar-refractivity contribution in [2.75, 3.05) is 0 Å². The number of ether oxygens (including phenoxy) is 1. The van der Waals surface area contributed by atoms with Gasteiger partial charge in [0.25, 0.3) is 5.17 Å². The molecule has 0 radical (unpaired) electrons. The third-order valence-corrected chi connectivity index (χ3v) is 2.30. The second-order valence-corrected chi connectivity index (χ2v) is 3.36. The van der Waals surface area contributed by atoms with Crippen molar-refractivity contribution in [2.24, 2.45) is 4.99 Å². The molecule has 0 amide bonds. The average molecular weight is 212 g/mol. The first-order valence-electron chi connectivity index (χ1n) is 3.76. The molecular formula is C9H6ClNOS. The highest BCUT2D eigenvalue weighted by Crippen LogP contribution is 2.26. The molecule has 0 saturated heterocycles. The van der Waals surface area contributed by atoms with Gasteiger partial charge in [-0.25, -0.2) is 4.99 Å². The van der Waals surface area contributed by atoms with Crippen LogP contribution in [0.5, 0.6) is 0 Å². The SMILES string of the molecule is S=C1N=CC(c2ccccc2Cl)O1. The smallest absolute Gasteiger partial charge is 0.284 e. The van der Waals surface area contributed by atoms with E-state index in [0.29, 0.717) is 5.02 Å². The molecule has 4 heteroatoms. The van der Waals surface area contributed by atoms with E-state index in [1.165, 1.54) is 0 Å². The number of halogens is 1. The number of nitrogens with zero attached hydrogens (tertiary/aromatic N) is 1. The van der Waals surface area contributed by atoms with E-state index in [9.17, 15) is 0 Å². The fourth-order valence-electron chi connectivity index (χ4n) is 1.15. The highest BCUT2D eigenvalue weighted by Gasteiger charge is 2.19. The number of hydrogen-bond donors (Lipinski definition) is 0. The van der Waals surface area contributed by atoms with E-state index >= 15 is 0 Å². The highest BCUT2D eigenvalue weighted by atomic mass is 35.5. The Morgan fingerprint density at radius 1 is 1.38 bits per heavy atom. The minimum atomic E-state index is -0.221. The van der Waals surface area contributed by atoms with E-state index < -0.39 is 0 Å². The molecule has 0 fully saturated rings. The topological polar surface area (TPSA) is 21.6 Å². The summed E-state index contributed by atoms with van der Waals surface area (Å²) in [6.45, 7) is 0. The Kier molecular flexibility index (Phi) is 2.29. The minimum absolute atomic E-state index is 0.221. The summed E-state index contributed by atoms with van der Waals surface area (Å²) in [6.07, 6.45) is 1.44. The van der Waals surface area contributed by atoms with Crippen LogP contribution in [0.3, 0.4) is 0 Å². The first-order valence-corrected chi connectivity index (χ1v) is 4.55. The predicted molar refractivity (Wildman–Crippen MR) is 56.4 cm³/mol. The summed E-state index contributed by atoms with van der Waals surface area (Å²) in [5, 5.41) is 0.938. The molecule has 0 aromatic heterocycles. The molecule has 1 aromatic carbocycles. The van der Waals surface area contributed by atoms with Crippen LogP contribution in [-0.4, -0.2) is 11.4 Å². The van der Waals surface area contributed by atoms with Crippen LogP contribution in [0.2, 0.25) is 5.02 Å². The van der Waals surface area contributed by atoms with Crippen molar-refractivity contribution < 1.29 is 4.74 Å². The molecule has 1 unspecified atom stereocenters. The fourth-order valence-corrected chi connectivity index (χ4v) is 1.56. The molecule has 66 valence electrons. The molecule has 13 heavy (non-hydrogen) atoms. The lowest BCUT2D eigenvalue weighted by Crippen LogP contribution is -2.01. The summed E-state index contributed by atoms with van der Waals surface area (Å²) in [7, 11) is 0. The third kappa shape index (κ3) is 1.71. The Morgan fingerprint density at radius 2 is 2.15 bits per heavy atom. The Bertz CT molecular complexity index is 378. The lowest BCUT2D eigenvalue weighted by molar-refractivity contribution is 0.282. The van der Waals surface area contributed by atoms with E-state index in [0.717, 1.165) is 5.56 Å². The standard InChI is InChI=1S/C9H6ClNOS/c10-7-4-2-1-3-6(7)8-5-11-9(13)12-8/h1-5,8H. The molecule has 0 bridgehead atoms. The van der Waals surface area contributed by atoms with Crippen molar-refractivity contribution in [3.8, 4) is 0 Å². The maximum Gasteiger partial charge on any atom is 0.284 e. The van der Waals surface area contributed by atoms with Gasteiger partial charge in [0, 0.05) is 10.6 Å². The zero-order chi connectivity index (χ0) is 9.26. The lowest BCUT2D eigenvalue weighted by atomic mass is 10.1. The van der Waals surface area contributed by atoms with Gasteiger partial charge in [0.15, 0.2) is 6.10 Å². The van der Waals surface area contributed by atoms with Gasteiger partial charge in [-0.15, -0.1) is 0 Å². The van der Waals surface area contributed by atoms with Crippen LogP contribution in [0.15, 0.2) is 29.3 Å². The normalized spacial score (nSPS) is 20.4. The van der Waals surface area contributed by atoms with Gasteiger partial charge >= 0.3 is 0 Å². The van der Waals surface area contributed by atoms with Crippen molar-refractivity contribution in [2.45, 2.75) is 6.10 Å². The molecule has 1 aliphatic heterocycles. The van der Waals surface area contributed by atoms with Crippen LogP contribution in [0.1, 0.15) is 11.7 Å². The van der Waals surface area contributed by atoms with Gasteiger partial charge in [0.1, 0.15) is 0 Å². The first kappa shape index (κ1) is 8.66. The second kappa shape index (κ2) is 3.44. The maximum absolute atomic E-state index is 5.97. The monoisotopic (exact) mass is 211 g/mol. The molecule has 0 N–H and O–H groups in total. The number of thiocarbonyl (C=S) groups is 1. The van der Waals surface area contributed by atoms with Crippen LogP contribution >= 0.6 is 23.8 Å². The molecular weight excluding hydrogens is 206 g/mol. The Labute approximate surface area is 86.2 Å². The molecule has 1 heterocycles. The maximum atomic E-state index is 5.97. The van der Waals surface area contributed by atoms with E-state index in [1.54, 1.807) is 6.21 Å². The van der Waals surface area contributed by atoms with E-state index in [4.69, 9.17) is 28.6 Å². The number of benzene rings is 1. The highest BCUT2D eigenvalue weighted by molar-refractivity contribution is 7.80. The van der Waals surface area contributed by atoms with Crippen molar-refractivity contribution in [1.29, 1.82) is 0 Å². The van der Waals surface area contributed by atoms with Crippen molar-refractivity contribution in [3.05, 3.63) is 34.9 Å². The van der Waals surface area contributed by atoms with Gasteiger partial charge in [-0.2, -0.15) is 0 Å². The van der Waals surface area contributed by atoms with Crippen LogP contribution < -0.4 is 0 Å². The predicted octanol–water partition coefficient (Wildman–Crippen LogP) is 2.77. The van der Waals surface area contributed by atoms with E-state index in [2.05, 4.69) is 4.99 Å². The Morgan fingerprint density at radius 3 is 2.77 bits per heavy atom. The molecule has 0 saturated carbocycles. The van der Waals surface area contributed by atoms with Gasteiger partial charge in [-0.05, 0) is 18.3 Å². The molecule has 2 nitrogen and oxygen atoms in total. The Balaban J connectivity index is 2.32. The molecule has 1 aliphatic rings. The summed E-state index contributed by atoms with van der Waals surface area (Å²) in [4.78, 5) is 3.86. The largest absolute Gasteiger partial charge is 0.455 e. The van der Waals surface area contributed by atoms with Crippen molar-refractivity contribution in [1.82, 2.24) is 0 Å². The summed E-state index contributed by atoms with van der Waals surface area (Å²) in [5.41, 5.74) is 0.896. The zero-order valence-corrected chi connectivity index (χ0v) is 8.18. The summed E-state index contributed by atoms with van der Waals surface area (Å²) >= 11 is 10.7. The lowest BCUT2D eigenvalue weighted by Gasteiger charge is -2.08. The van der Waals surface area contributed by atoms with Crippen molar-refractivity contribution in [3.63, 3.8) is 0 Å². The van der Waals surface area contributed by atoms with Crippen LogP contribution in [-0.2, 0) is 4.74 Å². The van der Waals surface area contributed by atoms with Crippen LogP contribution in [0, 0.1) is 0 Å². The van der Waals surface area contributed by atoms with Crippen LogP contribution in [0.25, 0.3) is 0 Å². The summed E-state index contributed by atoms with van der Waals surface area (Å²) in [5.74, 6) is 0. The van der Waals surface area contributed by atoms with Gasteiger partial charge in [-0.1, -0.05) is 29.8 Å². The third-order valence-electron chi connectivity index (χ3n) is 1.75. The first-order chi connectivity index (χ1) is 6.27. The number of rotatable bonds is 1. The van der Waals surface area contributed by atoms with Gasteiger partial charge in [0.2, 0.25) is 0 Å². The Hall–Kier alpha value is -0.930. The summed E-state index contributed by atoms with van der Waals surface area (Å²) < 4.78 is 5.25. The van der Waals surface area contributed by atoms with Crippen molar-refractivity contribution >= 4 is 35.2 Å². The molecule has 0 aliphatic carbocycles.